The zero-order valence-electron chi connectivity index (χ0n) is 25.1. The molecule has 0 saturated carbocycles. The van der Waals surface area contributed by atoms with E-state index in [1.54, 1.807) is 23.1 Å². The molecule has 2 fully saturated rings. The molecule has 2 saturated heterocycles. The predicted molar refractivity (Wildman–Crippen MR) is 169 cm³/mol. The summed E-state index contributed by atoms with van der Waals surface area (Å²) < 4.78 is 5.74. The van der Waals surface area contributed by atoms with E-state index in [1.807, 2.05) is 55.5 Å². The minimum absolute atomic E-state index is 0.0814. The number of hydrogen-bond donors (Lipinski definition) is 0. The van der Waals surface area contributed by atoms with Crippen LogP contribution in [0.2, 0.25) is 0 Å². The van der Waals surface area contributed by atoms with Crippen molar-refractivity contribution in [3.63, 3.8) is 0 Å². The molecule has 0 unspecified atom stereocenters. The first-order valence-electron chi connectivity index (χ1n) is 15.6. The normalized spacial score (nSPS) is 24.5. The molecule has 0 spiro atoms. The van der Waals surface area contributed by atoms with Gasteiger partial charge in [-0.15, -0.1) is 0 Å². The van der Waals surface area contributed by atoms with Crippen LogP contribution in [0.3, 0.4) is 0 Å². The highest BCUT2D eigenvalue weighted by Gasteiger charge is 2.61. The van der Waals surface area contributed by atoms with Crippen molar-refractivity contribution in [2.75, 3.05) is 16.3 Å². The number of rotatable bonds is 5. The summed E-state index contributed by atoms with van der Waals surface area (Å²) in [4.78, 5) is 57.2. The summed E-state index contributed by atoms with van der Waals surface area (Å²) in [5.74, 6) is -2.52. The Morgan fingerprint density at radius 1 is 0.778 bits per heavy atom. The standard InChI is InChI=1S/C38H32N2O5/c1-3-22-12-14-24(15-13-22)39-20-23(19-31(39)41)38(44)45-25-16-17-30(21(2)18-25)40-36(42)34-32-26-8-4-5-9-27(26)33(35(34)37(40)43)29-11-7-6-10-28(29)32/h4-18,23,32-35H,3,19-20H2,1-2H3/t23-,32?,33?,34-,35-/m1/s1. The lowest BCUT2D eigenvalue weighted by molar-refractivity contribution is -0.139. The topological polar surface area (TPSA) is 84.0 Å². The second kappa shape index (κ2) is 10.3. The molecule has 4 aromatic carbocycles. The molecule has 224 valence electrons. The summed E-state index contributed by atoms with van der Waals surface area (Å²) in [5, 5.41) is 0. The van der Waals surface area contributed by atoms with Crippen molar-refractivity contribution in [1.29, 1.82) is 0 Å². The molecule has 2 bridgehead atoms. The van der Waals surface area contributed by atoms with E-state index in [1.165, 1.54) is 10.5 Å². The van der Waals surface area contributed by atoms with Crippen molar-refractivity contribution in [1.82, 2.24) is 0 Å². The van der Waals surface area contributed by atoms with E-state index < -0.39 is 23.7 Å². The number of ether oxygens (including phenoxy) is 1. The van der Waals surface area contributed by atoms with Crippen LogP contribution in [-0.4, -0.2) is 30.2 Å². The molecule has 2 heterocycles. The number of hydrogen-bond acceptors (Lipinski definition) is 5. The van der Waals surface area contributed by atoms with Crippen LogP contribution in [0.4, 0.5) is 11.4 Å². The second-order valence-corrected chi connectivity index (χ2v) is 12.6. The van der Waals surface area contributed by atoms with E-state index in [4.69, 9.17) is 4.74 Å². The molecule has 3 aliphatic carbocycles. The average molecular weight is 597 g/mol. The maximum absolute atomic E-state index is 14.1. The van der Waals surface area contributed by atoms with E-state index in [9.17, 15) is 19.2 Å². The quantitative estimate of drug-likeness (QED) is 0.162. The lowest BCUT2D eigenvalue weighted by atomic mass is 9.55. The Kier molecular flexibility index (Phi) is 6.27. The Morgan fingerprint density at radius 2 is 1.33 bits per heavy atom. The van der Waals surface area contributed by atoms with Gasteiger partial charge < -0.3 is 9.64 Å². The van der Waals surface area contributed by atoms with Gasteiger partial charge in [0.2, 0.25) is 17.7 Å². The lowest BCUT2D eigenvalue weighted by Gasteiger charge is -2.45. The summed E-state index contributed by atoms with van der Waals surface area (Å²) >= 11 is 0. The summed E-state index contributed by atoms with van der Waals surface area (Å²) in [7, 11) is 0. The molecule has 0 N–H and O–H groups in total. The summed E-state index contributed by atoms with van der Waals surface area (Å²) in [6.07, 6.45) is 0.990. The molecule has 3 amide bonds. The number of imide groups is 1. The van der Waals surface area contributed by atoms with Crippen molar-refractivity contribution in [2.45, 2.75) is 38.5 Å². The number of amides is 3. The molecule has 9 rings (SSSR count). The van der Waals surface area contributed by atoms with Crippen LogP contribution in [0.25, 0.3) is 0 Å². The molecule has 45 heavy (non-hydrogen) atoms. The van der Waals surface area contributed by atoms with Gasteiger partial charge in [0.25, 0.3) is 0 Å². The van der Waals surface area contributed by atoms with Crippen molar-refractivity contribution < 1.29 is 23.9 Å². The second-order valence-electron chi connectivity index (χ2n) is 12.6. The Labute approximate surface area is 261 Å². The maximum Gasteiger partial charge on any atom is 0.316 e. The minimum atomic E-state index is -0.591. The third-order valence-corrected chi connectivity index (χ3v) is 10.2. The van der Waals surface area contributed by atoms with Gasteiger partial charge in [0.15, 0.2) is 0 Å². The predicted octanol–water partition coefficient (Wildman–Crippen LogP) is 5.91. The van der Waals surface area contributed by atoms with Crippen molar-refractivity contribution >= 4 is 35.1 Å². The number of benzene rings is 4. The number of carbonyl (C=O) groups excluding carboxylic acids is 4. The summed E-state index contributed by atoms with van der Waals surface area (Å²) in [6.45, 7) is 4.15. The first-order chi connectivity index (χ1) is 21.9. The SMILES string of the molecule is CCc1ccc(N2C[C@H](C(=O)Oc3ccc(N4C(=O)[C@@H]5C6c7ccccc7C(c7ccccc76)[C@H]5C4=O)c(C)c3)CC2=O)cc1. The first-order valence-corrected chi connectivity index (χ1v) is 15.6. The third-order valence-electron chi connectivity index (χ3n) is 10.2. The highest BCUT2D eigenvalue weighted by Crippen LogP contribution is 2.61. The molecule has 0 radical (unpaired) electrons. The Bertz CT molecular complexity index is 1800. The molecule has 2 aliphatic heterocycles. The molecular formula is C38H32N2O5. The highest BCUT2D eigenvalue weighted by atomic mass is 16.5. The van der Waals surface area contributed by atoms with Gasteiger partial charge >= 0.3 is 5.97 Å². The minimum Gasteiger partial charge on any atom is -0.426 e. The zero-order valence-corrected chi connectivity index (χ0v) is 25.1. The molecule has 0 aromatic heterocycles. The Balaban J connectivity index is 1.03. The molecule has 4 aromatic rings. The number of aryl methyl sites for hydroxylation is 2. The number of anilines is 2. The van der Waals surface area contributed by atoms with Crippen LogP contribution < -0.4 is 14.5 Å². The largest absolute Gasteiger partial charge is 0.426 e. The lowest BCUT2D eigenvalue weighted by Crippen LogP contribution is -2.41. The van der Waals surface area contributed by atoms with Crippen LogP contribution in [0.15, 0.2) is 91.0 Å². The fraction of sp³-hybridized carbons (Fsp3) is 0.263. The first kappa shape index (κ1) is 27.5. The van der Waals surface area contributed by atoms with Gasteiger partial charge in [-0.1, -0.05) is 67.6 Å². The highest BCUT2D eigenvalue weighted by molar-refractivity contribution is 6.23. The van der Waals surface area contributed by atoms with Crippen LogP contribution in [0.1, 0.15) is 58.6 Å². The Hall–Kier alpha value is -5.04. The van der Waals surface area contributed by atoms with E-state index in [0.717, 1.165) is 34.4 Å². The monoisotopic (exact) mass is 596 g/mol. The molecular weight excluding hydrogens is 564 g/mol. The van der Waals surface area contributed by atoms with Gasteiger partial charge in [-0.05, 0) is 77.1 Å². The number of carbonyl (C=O) groups is 4. The van der Waals surface area contributed by atoms with E-state index in [-0.39, 0.29) is 42.5 Å². The number of esters is 1. The number of nitrogens with zero attached hydrogens (tertiary/aromatic N) is 2. The van der Waals surface area contributed by atoms with Crippen molar-refractivity contribution in [2.24, 2.45) is 17.8 Å². The van der Waals surface area contributed by atoms with Crippen LogP contribution in [-0.2, 0) is 25.6 Å². The summed E-state index contributed by atoms with van der Waals surface area (Å²) in [5.41, 5.74) is 7.63. The van der Waals surface area contributed by atoms with Gasteiger partial charge in [0.1, 0.15) is 5.75 Å². The fourth-order valence-electron chi connectivity index (χ4n) is 8.08. The molecule has 5 aliphatic rings. The van der Waals surface area contributed by atoms with E-state index in [2.05, 4.69) is 31.2 Å². The Morgan fingerprint density at radius 3 is 1.84 bits per heavy atom. The summed E-state index contributed by atoms with van der Waals surface area (Å²) in [6, 6.07) is 29.2. The van der Waals surface area contributed by atoms with Gasteiger partial charge in [-0.2, -0.15) is 0 Å². The van der Waals surface area contributed by atoms with Gasteiger partial charge in [-0.25, -0.2) is 4.90 Å². The van der Waals surface area contributed by atoms with Crippen LogP contribution >= 0.6 is 0 Å². The van der Waals surface area contributed by atoms with Crippen molar-refractivity contribution in [3.8, 4) is 5.75 Å². The smallest absolute Gasteiger partial charge is 0.316 e. The molecule has 7 nitrogen and oxygen atoms in total. The zero-order chi connectivity index (χ0) is 31.0. The average Bonchev–Trinajstić information content (AvgIpc) is 3.58. The van der Waals surface area contributed by atoms with Crippen LogP contribution in [0.5, 0.6) is 5.75 Å². The van der Waals surface area contributed by atoms with Gasteiger partial charge in [-0.3, -0.25) is 19.2 Å². The van der Waals surface area contributed by atoms with Crippen LogP contribution in [0, 0.1) is 24.7 Å². The third kappa shape index (κ3) is 4.10. The van der Waals surface area contributed by atoms with Gasteiger partial charge in [0, 0.05) is 30.5 Å². The molecule has 7 heteroatoms. The van der Waals surface area contributed by atoms with E-state index in [0.29, 0.717) is 17.0 Å². The maximum atomic E-state index is 14.1. The van der Waals surface area contributed by atoms with E-state index >= 15 is 0 Å². The fourth-order valence-corrected chi connectivity index (χ4v) is 8.08. The molecule has 3 atom stereocenters. The van der Waals surface area contributed by atoms with Crippen molar-refractivity contribution in [3.05, 3.63) is 124 Å². The van der Waals surface area contributed by atoms with Gasteiger partial charge in [0.05, 0.1) is 23.4 Å².